The highest BCUT2D eigenvalue weighted by molar-refractivity contribution is 9.10. The Morgan fingerprint density at radius 3 is 2.43 bits per heavy atom. The minimum atomic E-state index is -0.895. The molecule has 1 aromatic carbocycles. The Labute approximate surface area is 135 Å². The number of nitrogens with zero attached hydrogens (tertiary/aromatic N) is 2. The number of rotatable bonds is 8. The summed E-state index contributed by atoms with van der Waals surface area (Å²) < 4.78 is 0.862. The summed E-state index contributed by atoms with van der Waals surface area (Å²) in [6.45, 7) is 8.29. The first-order valence-corrected chi connectivity index (χ1v) is 7.97. The van der Waals surface area contributed by atoms with E-state index in [-0.39, 0.29) is 0 Å². The molecule has 0 saturated carbocycles. The molecule has 0 aliphatic heterocycles. The van der Waals surface area contributed by atoms with E-state index in [0.717, 1.165) is 36.2 Å². The zero-order chi connectivity index (χ0) is 16.0. The summed E-state index contributed by atoms with van der Waals surface area (Å²) in [6, 6.07) is 5.25. The van der Waals surface area contributed by atoms with Crippen molar-refractivity contribution in [2.24, 2.45) is 5.92 Å². The van der Waals surface area contributed by atoms with Crippen LogP contribution in [0, 0.1) is 5.92 Å². The zero-order valence-corrected chi connectivity index (χ0v) is 14.9. The molecule has 0 unspecified atom stereocenters. The fourth-order valence-electron chi connectivity index (χ4n) is 2.14. The van der Waals surface area contributed by atoms with Gasteiger partial charge in [0.15, 0.2) is 0 Å². The van der Waals surface area contributed by atoms with Crippen molar-refractivity contribution in [3.8, 4) is 0 Å². The lowest BCUT2D eigenvalue weighted by Crippen LogP contribution is -2.34. The van der Waals surface area contributed by atoms with Crippen molar-refractivity contribution >= 4 is 21.9 Å². The number of halogens is 1. The summed E-state index contributed by atoms with van der Waals surface area (Å²) in [4.78, 5) is 15.6. The van der Waals surface area contributed by atoms with Crippen LogP contribution in [0.2, 0.25) is 0 Å². The van der Waals surface area contributed by atoms with Gasteiger partial charge in [-0.15, -0.1) is 0 Å². The number of hydrogen-bond donors (Lipinski definition) is 1. The van der Waals surface area contributed by atoms with Crippen LogP contribution in [0.15, 0.2) is 22.7 Å². The van der Waals surface area contributed by atoms with Crippen LogP contribution in [-0.2, 0) is 6.54 Å². The molecule has 0 aromatic heterocycles. The number of carboxylic acid groups (broad SMARTS) is 1. The van der Waals surface area contributed by atoms with E-state index in [4.69, 9.17) is 5.11 Å². The molecule has 0 bridgehead atoms. The number of benzene rings is 1. The summed E-state index contributed by atoms with van der Waals surface area (Å²) in [7, 11) is 4.15. The van der Waals surface area contributed by atoms with Gasteiger partial charge >= 0.3 is 5.97 Å². The van der Waals surface area contributed by atoms with E-state index in [1.165, 1.54) is 0 Å². The van der Waals surface area contributed by atoms with Gasteiger partial charge in [0.2, 0.25) is 0 Å². The van der Waals surface area contributed by atoms with Crippen molar-refractivity contribution < 1.29 is 9.90 Å². The SMILES string of the molecule is CC(C)CN(CCN(C)C)Cc1ccc(C(=O)O)cc1Br. The fourth-order valence-corrected chi connectivity index (χ4v) is 2.65. The molecule has 1 rings (SSSR count). The van der Waals surface area contributed by atoms with Crippen LogP contribution in [0.25, 0.3) is 0 Å². The third-order valence-electron chi connectivity index (χ3n) is 3.18. The van der Waals surface area contributed by atoms with Crippen LogP contribution in [-0.4, -0.2) is 54.6 Å². The minimum Gasteiger partial charge on any atom is -0.478 e. The van der Waals surface area contributed by atoms with Gasteiger partial charge in [-0.2, -0.15) is 0 Å². The quantitative estimate of drug-likeness (QED) is 0.776. The van der Waals surface area contributed by atoms with Crippen molar-refractivity contribution in [3.63, 3.8) is 0 Å². The van der Waals surface area contributed by atoms with Gasteiger partial charge in [0.1, 0.15) is 0 Å². The Hall–Kier alpha value is -0.910. The van der Waals surface area contributed by atoms with Gasteiger partial charge in [-0.1, -0.05) is 35.8 Å². The molecule has 4 nitrogen and oxygen atoms in total. The molecule has 0 aliphatic rings. The zero-order valence-electron chi connectivity index (χ0n) is 13.3. The average Bonchev–Trinajstić information content (AvgIpc) is 2.37. The molecule has 0 heterocycles. The van der Waals surface area contributed by atoms with Crippen LogP contribution in [0.3, 0.4) is 0 Å². The maximum atomic E-state index is 11.0. The van der Waals surface area contributed by atoms with Gasteiger partial charge in [-0.3, -0.25) is 4.90 Å². The van der Waals surface area contributed by atoms with Gasteiger partial charge in [0.05, 0.1) is 5.56 Å². The Balaban J connectivity index is 2.79. The molecule has 0 fully saturated rings. The number of carbonyl (C=O) groups is 1. The number of hydrogen-bond acceptors (Lipinski definition) is 3. The molecular weight excluding hydrogens is 332 g/mol. The largest absolute Gasteiger partial charge is 0.478 e. The first-order chi connectivity index (χ1) is 9.79. The summed E-state index contributed by atoms with van der Waals surface area (Å²) in [5.41, 5.74) is 1.44. The molecule has 118 valence electrons. The summed E-state index contributed by atoms with van der Waals surface area (Å²) >= 11 is 3.49. The Morgan fingerprint density at radius 1 is 1.29 bits per heavy atom. The van der Waals surface area contributed by atoms with Crippen molar-refractivity contribution in [1.82, 2.24) is 9.80 Å². The van der Waals surface area contributed by atoms with Gasteiger partial charge in [-0.05, 0) is 37.7 Å². The maximum Gasteiger partial charge on any atom is 0.335 e. The third-order valence-corrected chi connectivity index (χ3v) is 3.92. The van der Waals surface area contributed by atoms with Gasteiger partial charge < -0.3 is 10.0 Å². The van der Waals surface area contributed by atoms with E-state index in [0.29, 0.717) is 11.5 Å². The van der Waals surface area contributed by atoms with Crippen molar-refractivity contribution in [2.45, 2.75) is 20.4 Å². The average molecular weight is 357 g/mol. The predicted octanol–water partition coefficient (Wildman–Crippen LogP) is 3.17. The topological polar surface area (TPSA) is 43.8 Å². The second-order valence-electron chi connectivity index (χ2n) is 6.04. The predicted molar refractivity (Wildman–Crippen MR) is 89.8 cm³/mol. The Kier molecular flexibility index (Phi) is 7.35. The summed E-state index contributed by atoms with van der Waals surface area (Å²) in [5, 5.41) is 9.01. The molecule has 0 saturated heterocycles. The van der Waals surface area contributed by atoms with Gasteiger partial charge in [0, 0.05) is 30.7 Å². The van der Waals surface area contributed by atoms with Gasteiger partial charge in [-0.25, -0.2) is 4.79 Å². The van der Waals surface area contributed by atoms with E-state index < -0.39 is 5.97 Å². The highest BCUT2D eigenvalue weighted by Gasteiger charge is 2.12. The first-order valence-electron chi connectivity index (χ1n) is 7.18. The first kappa shape index (κ1) is 18.1. The lowest BCUT2D eigenvalue weighted by Gasteiger charge is -2.26. The van der Waals surface area contributed by atoms with E-state index in [1.807, 2.05) is 6.07 Å². The minimum absolute atomic E-state index is 0.314. The van der Waals surface area contributed by atoms with Crippen molar-refractivity contribution in [3.05, 3.63) is 33.8 Å². The smallest absolute Gasteiger partial charge is 0.335 e. The summed E-state index contributed by atoms with van der Waals surface area (Å²) in [6.07, 6.45) is 0. The molecule has 0 radical (unpaired) electrons. The molecule has 5 heteroatoms. The van der Waals surface area contributed by atoms with Crippen LogP contribution in [0.1, 0.15) is 29.8 Å². The van der Waals surface area contributed by atoms with Crippen LogP contribution >= 0.6 is 15.9 Å². The number of aromatic carboxylic acids is 1. The molecular formula is C16H25BrN2O2. The molecule has 1 N–H and O–H groups in total. The third kappa shape index (κ3) is 6.59. The molecule has 0 aliphatic carbocycles. The van der Waals surface area contributed by atoms with E-state index >= 15 is 0 Å². The summed E-state index contributed by atoms with van der Waals surface area (Å²) in [5.74, 6) is -0.293. The number of likely N-dealkylation sites (N-methyl/N-ethyl adjacent to an activating group) is 1. The molecule has 0 amide bonds. The van der Waals surface area contributed by atoms with E-state index in [2.05, 4.69) is 53.7 Å². The van der Waals surface area contributed by atoms with E-state index in [1.54, 1.807) is 12.1 Å². The highest BCUT2D eigenvalue weighted by atomic mass is 79.9. The van der Waals surface area contributed by atoms with Crippen LogP contribution < -0.4 is 0 Å². The van der Waals surface area contributed by atoms with E-state index in [9.17, 15) is 4.79 Å². The van der Waals surface area contributed by atoms with Gasteiger partial charge in [0.25, 0.3) is 0 Å². The second kappa shape index (κ2) is 8.51. The standard InChI is InChI=1S/C16H25BrN2O2/c1-12(2)10-19(8-7-18(3)4)11-14-6-5-13(16(20)21)9-15(14)17/h5-6,9,12H,7-8,10-11H2,1-4H3,(H,20,21). The van der Waals surface area contributed by atoms with Crippen molar-refractivity contribution in [2.75, 3.05) is 33.7 Å². The normalized spacial score (nSPS) is 11.6. The Bertz CT molecular complexity index is 475. The molecule has 0 atom stereocenters. The second-order valence-corrected chi connectivity index (χ2v) is 6.90. The lowest BCUT2D eigenvalue weighted by atomic mass is 10.1. The van der Waals surface area contributed by atoms with Crippen LogP contribution in [0.5, 0.6) is 0 Å². The van der Waals surface area contributed by atoms with Crippen molar-refractivity contribution in [1.29, 1.82) is 0 Å². The lowest BCUT2D eigenvalue weighted by molar-refractivity contribution is 0.0697. The molecule has 1 aromatic rings. The maximum absolute atomic E-state index is 11.0. The monoisotopic (exact) mass is 356 g/mol. The highest BCUT2D eigenvalue weighted by Crippen LogP contribution is 2.21. The van der Waals surface area contributed by atoms with Crippen LogP contribution in [0.4, 0.5) is 0 Å². The Morgan fingerprint density at radius 2 is 1.95 bits per heavy atom. The fraction of sp³-hybridized carbons (Fsp3) is 0.562. The number of carboxylic acids is 1. The molecule has 0 spiro atoms. The molecule has 21 heavy (non-hydrogen) atoms.